The van der Waals surface area contributed by atoms with Gasteiger partial charge in [-0.3, -0.25) is 0 Å². The van der Waals surface area contributed by atoms with E-state index in [9.17, 15) is 0 Å². The minimum atomic E-state index is 1.17. The SMILES string of the molecule is CCCCCCCCCCCCCCCCCC[n+]1ccc2c(c1)CCC/C2=C\c1ccc(N(CCCC)CCCC)cc1. The number of aromatic nitrogens is 1. The number of allylic oxidation sites excluding steroid dienone is 1. The highest BCUT2D eigenvalue weighted by Crippen LogP contribution is 2.32. The van der Waals surface area contributed by atoms with E-state index in [4.69, 9.17) is 0 Å². The highest BCUT2D eigenvalue weighted by molar-refractivity contribution is 5.83. The van der Waals surface area contributed by atoms with E-state index in [1.807, 2.05) is 0 Å². The predicted octanol–water partition coefficient (Wildman–Crippen LogP) is 12.5. The first-order chi connectivity index (χ1) is 21.7. The topological polar surface area (TPSA) is 7.12 Å². The maximum absolute atomic E-state index is 2.58. The van der Waals surface area contributed by atoms with E-state index in [-0.39, 0.29) is 0 Å². The first-order valence-electron chi connectivity index (χ1n) is 19.3. The Morgan fingerprint density at radius 2 is 1.11 bits per heavy atom. The number of rotatable bonds is 25. The van der Waals surface area contributed by atoms with E-state index in [1.54, 1.807) is 5.56 Å². The van der Waals surface area contributed by atoms with Crippen molar-refractivity contribution < 1.29 is 4.57 Å². The van der Waals surface area contributed by atoms with Crippen LogP contribution < -0.4 is 9.47 Å². The molecule has 0 atom stereocenters. The zero-order valence-electron chi connectivity index (χ0n) is 29.4. The predicted molar refractivity (Wildman–Crippen MR) is 195 cm³/mol. The second-order valence-corrected chi connectivity index (χ2v) is 13.7. The van der Waals surface area contributed by atoms with Gasteiger partial charge in [-0.05, 0) is 67.4 Å². The highest BCUT2D eigenvalue weighted by Gasteiger charge is 2.18. The van der Waals surface area contributed by atoms with E-state index < -0.39 is 0 Å². The van der Waals surface area contributed by atoms with E-state index in [1.165, 1.54) is 190 Å². The highest BCUT2D eigenvalue weighted by atomic mass is 15.1. The molecular formula is C42H69N2+. The molecule has 44 heavy (non-hydrogen) atoms. The number of anilines is 1. The molecule has 0 amide bonds. The third-order valence-electron chi connectivity index (χ3n) is 9.77. The van der Waals surface area contributed by atoms with Gasteiger partial charge in [0.05, 0.1) is 0 Å². The lowest BCUT2D eigenvalue weighted by Gasteiger charge is -2.25. The smallest absolute Gasteiger partial charge is 0.172 e. The molecule has 3 rings (SSSR count). The molecule has 1 aliphatic carbocycles. The van der Waals surface area contributed by atoms with Crippen LogP contribution >= 0.6 is 0 Å². The first-order valence-corrected chi connectivity index (χ1v) is 19.3. The fourth-order valence-corrected chi connectivity index (χ4v) is 6.89. The molecule has 1 aromatic heterocycles. The number of nitrogens with zero attached hydrogens (tertiary/aromatic N) is 2. The van der Waals surface area contributed by atoms with Gasteiger partial charge in [0.1, 0.15) is 6.54 Å². The van der Waals surface area contributed by atoms with Gasteiger partial charge >= 0.3 is 0 Å². The molecule has 1 aliphatic rings. The van der Waals surface area contributed by atoms with Gasteiger partial charge in [0, 0.05) is 36.8 Å². The van der Waals surface area contributed by atoms with Crippen molar-refractivity contribution in [3.8, 4) is 0 Å². The fourth-order valence-electron chi connectivity index (χ4n) is 6.89. The maximum Gasteiger partial charge on any atom is 0.172 e. The Labute approximate surface area is 273 Å². The number of unbranched alkanes of at least 4 members (excludes halogenated alkanes) is 17. The maximum atomic E-state index is 2.58. The summed E-state index contributed by atoms with van der Waals surface area (Å²) in [7, 11) is 0. The van der Waals surface area contributed by atoms with Crippen molar-refractivity contribution in [2.75, 3.05) is 18.0 Å². The number of aryl methyl sites for hydroxylation is 2. The third-order valence-corrected chi connectivity index (χ3v) is 9.77. The Bertz CT molecular complexity index is 1010. The summed E-state index contributed by atoms with van der Waals surface area (Å²) in [5.41, 5.74) is 7.27. The molecule has 0 aliphatic heterocycles. The van der Waals surface area contributed by atoms with Crippen LogP contribution in [0, 0.1) is 0 Å². The van der Waals surface area contributed by atoms with Crippen LogP contribution in [0.25, 0.3) is 11.6 Å². The molecule has 1 aromatic carbocycles. The monoisotopic (exact) mass is 602 g/mol. The molecule has 0 spiro atoms. The number of hydrogen-bond donors (Lipinski definition) is 0. The summed E-state index contributed by atoms with van der Waals surface area (Å²) in [5, 5.41) is 0. The van der Waals surface area contributed by atoms with Crippen molar-refractivity contribution in [3.05, 3.63) is 59.4 Å². The third kappa shape index (κ3) is 14.3. The zero-order valence-corrected chi connectivity index (χ0v) is 29.4. The van der Waals surface area contributed by atoms with Crippen molar-refractivity contribution in [1.29, 1.82) is 0 Å². The zero-order chi connectivity index (χ0) is 31.1. The lowest BCUT2D eigenvalue weighted by atomic mass is 9.87. The molecule has 0 bridgehead atoms. The van der Waals surface area contributed by atoms with Gasteiger partial charge in [-0.25, -0.2) is 4.57 Å². The number of pyridine rings is 1. The van der Waals surface area contributed by atoms with Crippen molar-refractivity contribution in [2.24, 2.45) is 0 Å². The van der Waals surface area contributed by atoms with Gasteiger partial charge in [0.25, 0.3) is 0 Å². The van der Waals surface area contributed by atoms with Crippen LogP contribution in [0.3, 0.4) is 0 Å². The summed E-state index contributed by atoms with van der Waals surface area (Å²) in [6.07, 6.45) is 38.9. The molecule has 2 aromatic rings. The van der Waals surface area contributed by atoms with Crippen LogP contribution in [0.2, 0.25) is 0 Å². The van der Waals surface area contributed by atoms with E-state index in [0.29, 0.717) is 0 Å². The van der Waals surface area contributed by atoms with E-state index in [2.05, 4.69) is 79.0 Å². The van der Waals surface area contributed by atoms with Gasteiger partial charge in [-0.2, -0.15) is 0 Å². The minimum absolute atomic E-state index is 1.17. The standard InChI is InChI=1S/C42H69N2/c1-4-7-10-11-12-13-14-15-16-17-18-19-20-21-22-23-32-43-35-31-42-39(25-24-26-40(42)37-43)36-38-27-29-41(30-28-38)44(33-8-5-2)34-9-6-3/h27-31,35-37H,4-26,32-34H2,1-3H3/q+1. The number of benzene rings is 1. The lowest BCUT2D eigenvalue weighted by Crippen LogP contribution is -2.34. The Morgan fingerprint density at radius 3 is 1.66 bits per heavy atom. The summed E-state index contributed by atoms with van der Waals surface area (Å²) in [6, 6.07) is 11.8. The summed E-state index contributed by atoms with van der Waals surface area (Å²) in [5.74, 6) is 0. The van der Waals surface area contributed by atoms with Crippen LogP contribution in [-0.4, -0.2) is 13.1 Å². The average molecular weight is 602 g/mol. The van der Waals surface area contributed by atoms with Crippen molar-refractivity contribution in [3.63, 3.8) is 0 Å². The molecule has 0 radical (unpaired) electrons. The second-order valence-electron chi connectivity index (χ2n) is 13.7. The fraction of sp³-hybridized carbons (Fsp3) is 0.690. The summed E-state index contributed by atoms with van der Waals surface area (Å²) >= 11 is 0. The lowest BCUT2D eigenvalue weighted by molar-refractivity contribution is -0.697. The van der Waals surface area contributed by atoms with Gasteiger partial charge in [0.15, 0.2) is 12.4 Å². The second kappa shape index (κ2) is 23.3. The molecule has 1 heterocycles. The van der Waals surface area contributed by atoms with Crippen LogP contribution in [0.5, 0.6) is 0 Å². The molecule has 2 heteroatoms. The van der Waals surface area contributed by atoms with Gasteiger partial charge < -0.3 is 4.90 Å². The van der Waals surface area contributed by atoms with E-state index in [0.717, 1.165) is 0 Å². The van der Waals surface area contributed by atoms with Crippen LogP contribution in [0.15, 0.2) is 42.7 Å². The van der Waals surface area contributed by atoms with Crippen molar-refractivity contribution in [2.45, 2.75) is 175 Å². The van der Waals surface area contributed by atoms with Crippen molar-refractivity contribution >= 4 is 17.3 Å². The van der Waals surface area contributed by atoms with Crippen LogP contribution in [0.1, 0.15) is 179 Å². The Balaban J connectivity index is 1.33. The summed E-state index contributed by atoms with van der Waals surface area (Å²) < 4.78 is 2.46. The molecule has 0 saturated carbocycles. The van der Waals surface area contributed by atoms with Gasteiger partial charge in [0.2, 0.25) is 0 Å². The van der Waals surface area contributed by atoms with E-state index >= 15 is 0 Å². The van der Waals surface area contributed by atoms with Crippen molar-refractivity contribution in [1.82, 2.24) is 0 Å². The average Bonchev–Trinajstić information content (AvgIpc) is 3.05. The quantitative estimate of drug-likeness (QED) is 0.0811. The summed E-state index contributed by atoms with van der Waals surface area (Å²) in [4.78, 5) is 2.58. The normalized spacial score (nSPS) is 13.8. The van der Waals surface area contributed by atoms with Gasteiger partial charge in [-0.1, -0.05) is 142 Å². The molecule has 246 valence electrons. The molecular weight excluding hydrogens is 532 g/mol. The van der Waals surface area contributed by atoms with Crippen LogP contribution in [-0.2, 0) is 13.0 Å². The number of hydrogen-bond acceptors (Lipinski definition) is 1. The molecule has 0 N–H and O–H groups in total. The summed E-state index contributed by atoms with van der Waals surface area (Å²) in [6.45, 7) is 10.4. The molecule has 0 unspecified atom stereocenters. The van der Waals surface area contributed by atoms with Crippen LogP contribution in [0.4, 0.5) is 5.69 Å². The molecule has 0 fully saturated rings. The van der Waals surface area contributed by atoms with Gasteiger partial charge in [-0.15, -0.1) is 0 Å². The minimum Gasteiger partial charge on any atom is -0.372 e. The Hall–Kier alpha value is -2.09. The Kier molecular flexibility index (Phi) is 19.2. The molecule has 2 nitrogen and oxygen atoms in total. The Morgan fingerprint density at radius 1 is 0.591 bits per heavy atom. The first kappa shape index (κ1) is 36.4. The largest absolute Gasteiger partial charge is 0.372 e. The number of fused-ring (bicyclic) bond motifs is 1. The molecule has 0 saturated heterocycles.